The molecule has 0 spiro atoms. The maximum absolute atomic E-state index is 12.6. The van der Waals surface area contributed by atoms with Gasteiger partial charge in [-0.1, -0.05) is 30.3 Å². The van der Waals surface area contributed by atoms with Crippen molar-refractivity contribution in [2.24, 2.45) is 5.92 Å². The molecule has 2 heterocycles. The molecule has 0 saturated carbocycles. The molecule has 7 nitrogen and oxygen atoms in total. The highest BCUT2D eigenvalue weighted by Crippen LogP contribution is 2.22. The van der Waals surface area contributed by atoms with Crippen LogP contribution in [0.4, 0.5) is 0 Å². The summed E-state index contributed by atoms with van der Waals surface area (Å²) >= 11 is 0. The first-order valence-electron chi connectivity index (χ1n) is 9.80. The predicted molar refractivity (Wildman–Crippen MR) is 102 cm³/mol. The van der Waals surface area contributed by atoms with E-state index in [4.69, 9.17) is 9.47 Å². The zero-order valence-electron chi connectivity index (χ0n) is 16.7. The quantitative estimate of drug-likeness (QED) is 0.716. The number of rotatable bonds is 5. The third-order valence-electron chi connectivity index (χ3n) is 5.14. The molecule has 4 unspecified atom stereocenters. The van der Waals surface area contributed by atoms with Crippen LogP contribution in [-0.4, -0.2) is 65.5 Å². The van der Waals surface area contributed by atoms with Crippen LogP contribution in [0.1, 0.15) is 32.8 Å². The van der Waals surface area contributed by atoms with Crippen LogP contribution >= 0.6 is 0 Å². The molecule has 0 aliphatic carbocycles. The molecule has 2 aliphatic rings. The fourth-order valence-electron chi connectivity index (χ4n) is 3.82. The largest absolute Gasteiger partial charge is 0.452 e. The molecule has 2 fully saturated rings. The minimum absolute atomic E-state index is 0.0467. The normalized spacial score (nSPS) is 26.2. The summed E-state index contributed by atoms with van der Waals surface area (Å²) in [6.07, 6.45) is -0.842. The van der Waals surface area contributed by atoms with E-state index in [1.165, 1.54) is 0 Å². The maximum Gasteiger partial charge on any atom is 0.312 e. The van der Waals surface area contributed by atoms with Gasteiger partial charge < -0.3 is 19.3 Å². The monoisotopic (exact) mass is 388 g/mol. The second-order valence-electron chi connectivity index (χ2n) is 7.74. The molecular formula is C21H28N2O5. The van der Waals surface area contributed by atoms with Gasteiger partial charge in [0, 0.05) is 32.6 Å². The number of nitrogens with zero attached hydrogens (tertiary/aromatic N) is 2. The Morgan fingerprint density at radius 2 is 1.79 bits per heavy atom. The first-order valence-corrected chi connectivity index (χ1v) is 9.80. The minimum Gasteiger partial charge on any atom is -0.452 e. The molecule has 2 saturated heterocycles. The second-order valence-corrected chi connectivity index (χ2v) is 7.74. The SMILES string of the molecule is CC1CN(C(=O)C(C)OC(=O)C2CC(=O)N(Cc3ccccc3)C2)CC(C)O1. The third kappa shape index (κ3) is 4.90. The van der Waals surface area contributed by atoms with E-state index in [9.17, 15) is 14.4 Å². The van der Waals surface area contributed by atoms with Gasteiger partial charge in [-0.15, -0.1) is 0 Å². The Kier molecular flexibility index (Phi) is 6.34. The zero-order chi connectivity index (χ0) is 20.3. The van der Waals surface area contributed by atoms with E-state index in [0.717, 1.165) is 5.56 Å². The molecule has 3 rings (SSSR count). The second kappa shape index (κ2) is 8.73. The highest BCUT2D eigenvalue weighted by atomic mass is 16.5. The van der Waals surface area contributed by atoms with E-state index in [-0.39, 0.29) is 30.4 Å². The van der Waals surface area contributed by atoms with E-state index in [0.29, 0.717) is 26.2 Å². The zero-order valence-corrected chi connectivity index (χ0v) is 16.7. The number of amides is 2. The lowest BCUT2D eigenvalue weighted by atomic mass is 10.1. The van der Waals surface area contributed by atoms with Gasteiger partial charge in [0.15, 0.2) is 6.10 Å². The van der Waals surface area contributed by atoms with Crippen LogP contribution in [0.15, 0.2) is 30.3 Å². The first-order chi connectivity index (χ1) is 13.3. The lowest BCUT2D eigenvalue weighted by Gasteiger charge is -2.36. The molecule has 4 atom stereocenters. The Hall–Kier alpha value is -2.41. The standard InChI is InChI=1S/C21H28N2O5/c1-14-10-23(11-15(2)27-14)20(25)16(3)28-21(26)18-9-19(24)22(13-18)12-17-7-5-4-6-8-17/h4-8,14-16,18H,9-13H2,1-3H3. The molecule has 0 radical (unpaired) electrons. The van der Waals surface area contributed by atoms with E-state index in [1.54, 1.807) is 16.7 Å². The van der Waals surface area contributed by atoms with Crippen molar-refractivity contribution in [1.29, 1.82) is 0 Å². The molecule has 0 bridgehead atoms. The van der Waals surface area contributed by atoms with Gasteiger partial charge in [0.2, 0.25) is 5.91 Å². The number of benzene rings is 1. The van der Waals surface area contributed by atoms with Crippen LogP contribution in [0.5, 0.6) is 0 Å². The van der Waals surface area contributed by atoms with Crippen molar-refractivity contribution in [1.82, 2.24) is 9.80 Å². The Morgan fingerprint density at radius 3 is 2.43 bits per heavy atom. The Bertz CT molecular complexity index is 713. The summed E-state index contributed by atoms with van der Waals surface area (Å²) in [5.41, 5.74) is 1.02. The molecular weight excluding hydrogens is 360 g/mol. The number of hydrogen-bond acceptors (Lipinski definition) is 5. The Labute approximate surface area is 165 Å². The molecule has 28 heavy (non-hydrogen) atoms. The average molecular weight is 388 g/mol. The summed E-state index contributed by atoms with van der Waals surface area (Å²) in [6.45, 7) is 7.18. The van der Waals surface area contributed by atoms with Crippen molar-refractivity contribution in [3.05, 3.63) is 35.9 Å². The molecule has 1 aromatic carbocycles. The van der Waals surface area contributed by atoms with Crippen molar-refractivity contribution >= 4 is 17.8 Å². The van der Waals surface area contributed by atoms with Gasteiger partial charge in [-0.3, -0.25) is 14.4 Å². The van der Waals surface area contributed by atoms with Crippen molar-refractivity contribution in [2.75, 3.05) is 19.6 Å². The smallest absolute Gasteiger partial charge is 0.312 e. The van der Waals surface area contributed by atoms with Gasteiger partial charge in [0.05, 0.1) is 18.1 Å². The van der Waals surface area contributed by atoms with E-state index in [2.05, 4.69) is 0 Å². The summed E-state index contributed by atoms with van der Waals surface area (Å²) in [5, 5.41) is 0. The number of likely N-dealkylation sites (tertiary alicyclic amines) is 1. The lowest BCUT2D eigenvalue weighted by molar-refractivity contribution is -0.166. The fraction of sp³-hybridized carbons (Fsp3) is 0.571. The number of hydrogen-bond donors (Lipinski definition) is 0. The highest BCUT2D eigenvalue weighted by molar-refractivity contribution is 5.89. The summed E-state index contributed by atoms with van der Waals surface area (Å²) in [7, 11) is 0. The predicted octanol–water partition coefficient (Wildman–Crippen LogP) is 1.60. The molecule has 1 aromatic rings. The fourth-order valence-corrected chi connectivity index (χ4v) is 3.82. The number of carbonyl (C=O) groups is 3. The number of carbonyl (C=O) groups excluding carboxylic acids is 3. The van der Waals surface area contributed by atoms with Crippen molar-refractivity contribution in [3.8, 4) is 0 Å². The number of morpholine rings is 1. The van der Waals surface area contributed by atoms with Crippen molar-refractivity contribution in [3.63, 3.8) is 0 Å². The minimum atomic E-state index is -0.872. The summed E-state index contributed by atoms with van der Waals surface area (Å²) < 4.78 is 11.1. The van der Waals surface area contributed by atoms with E-state index >= 15 is 0 Å². The van der Waals surface area contributed by atoms with Crippen LogP contribution < -0.4 is 0 Å². The van der Waals surface area contributed by atoms with Crippen LogP contribution in [-0.2, 0) is 30.4 Å². The molecule has 2 amide bonds. The topological polar surface area (TPSA) is 76.2 Å². The third-order valence-corrected chi connectivity index (χ3v) is 5.14. The van der Waals surface area contributed by atoms with Crippen molar-refractivity contribution in [2.45, 2.75) is 52.0 Å². The van der Waals surface area contributed by atoms with Gasteiger partial charge in [-0.25, -0.2) is 0 Å². The molecule has 0 aromatic heterocycles. The van der Waals surface area contributed by atoms with Crippen LogP contribution in [0, 0.1) is 5.92 Å². The first kappa shape index (κ1) is 20.3. The Morgan fingerprint density at radius 1 is 1.14 bits per heavy atom. The summed E-state index contributed by atoms with van der Waals surface area (Å²) in [5.74, 6) is -1.31. The molecule has 152 valence electrons. The van der Waals surface area contributed by atoms with Crippen LogP contribution in [0.3, 0.4) is 0 Å². The highest BCUT2D eigenvalue weighted by Gasteiger charge is 2.37. The lowest BCUT2D eigenvalue weighted by Crippen LogP contribution is -2.51. The van der Waals surface area contributed by atoms with Crippen LogP contribution in [0.25, 0.3) is 0 Å². The van der Waals surface area contributed by atoms with Crippen molar-refractivity contribution < 1.29 is 23.9 Å². The summed E-state index contributed by atoms with van der Waals surface area (Å²) in [4.78, 5) is 40.8. The van der Waals surface area contributed by atoms with Gasteiger partial charge in [0.1, 0.15) is 0 Å². The van der Waals surface area contributed by atoms with Gasteiger partial charge in [0.25, 0.3) is 5.91 Å². The maximum atomic E-state index is 12.6. The average Bonchev–Trinajstić information content (AvgIpc) is 3.01. The number of ether oxygens (including phenoxy) is 2. The number of esters is 1. The molecule has 7 heteroatoms. The van der Waals surface area contributed by atoms with E-state index in [1.807, 2.05) is 44.2 Å². The Balaban J connectivity index is 1.53. The van der Waals surface area contributed by atoms with Gasteiger partial charge in [-0.05, 0) is 26.3 Å². The van der Waals surface area contributed by atoms with E-state index < -0.39 is 18.0 Å². The summed E-state index contributed by atoms with van der Waals surface area (Å²) in [6, 6.07) is 9.66. The molecule has 2 aliphatic heterocycles. The van der Waals surface area contributed by atoms with Gasteiger partial charge in [-0.2, -0.15) is 0 Å². The van der Waals surface area contributed by atoms with Gasteiger partial charge >= 0.3 is 5.97 Å². The van der Waals surface area contributed by atoms with Crippen LogP contribution in [0.2, 0.25) is 0 Å². The molecule has 0 N–H and O–H groups in total.